The zero-order chi connectivity index (χ0) is 13.3. The highest BCUT2D eigenvalue weighted by molar-refractivity contribution is 9.10. The molecule has 18 heavy (non-hydrogen) atoms. The van der Waals surface area contributed by atoms with Crippen molar-refractivity contribution in [3.05, 3.63) is 51.9 Å². The van der Waals surface area contributed by atoms with Crippen molar-refractivity contribution in [2.75, 3.05) is 5.32 Å². The van der Waals surface area contributed by atoms with Crippen LogP contribution in [0.2, 0.25) is 0 Å². The van der Waals surface area contributed by atoms with E-state index < -0.39 is 11.6 Å². The maximum Gasteiger partial charge on any atom is 0.150 e. The molecule has 2 rings (SSSR count). The molecule has 0 saturated heterocycles. The summed E-state index contributed by atoms with van der Waals surface area (Å²) in [5.41, 5.74) is -0.153. The predicted molar refractivity (Wildman–Crippen MR) is 69.5 cm³/mol. The molecule has 2 nitrogen and oxygen atoms in total. The van der Waals surface area contributed by atoms with Crippen LogP contribution in [0, 0.1) is 18.6 Å². The Morgan fingerprint density at radius 2 is 1.83 bits per heavy atom. The standard InChI is InChI=1S/C13H12BrF2NO/c1-7-3-4-12(18-7)8(2)17-13-10(15)5-9(14)6-11(13)16/h3-6,8,17H,1-2H3. The second-order valence-corrected chi connectivity index (χ2v) is 4.97. The molecule has 0 radical (unpaired) electrons. The number of hydrogen-bond acceptors (Lipinski definition) is 2. The van der Waals surface area contributed by atoms with Crippen molar-refractivity contribution >= 4 is 21.6 Å². The van der Waals surface area contributed by atoms with Gasteiger partial charge in [-0.15, -0.1) is 0 Å². The van der Waals surface area contributed by atoms with Gasteiger partial charge < -0.3 is 9.73 Å². The van der Waals surface area contributed by atoms with Crippen molar-refractivity contribution < 1.29 is 13.2 Å². The van der Waals surface area contributed by atoms with Gasteiger partial charge in [0.25, 0.3) is 0 Å². The van der Waals surface area contributed by atoms with Crippen molar-refractivity contribution in [3.63, 3.8) is 0 Å². The van der Waals surface area contributed by atoms with E-state index in [-0.39, 0.29) is 11.7 Å². The zero-order valence-corrected chi connectivity index (χ0v) is 11.5. The summed E-state index contributed by atoms with van der Waals surface area (Å²) in [6.45, 7) is 3.59. The third kappa shape index (κ3) is 2.72. The third-order valence-electron chi connectivity index (χ3n) is 2.56. The number of benzene rings is 1. The highest BCUT2D eigenvalue weighted by Crippen LogP contribution is 2.28. The molecule has 0 aliphatic heterocycles. The van der Waals surface area contributed by atoms with Gasteiger partial charge in [-0.25, -0.2) is 8.78 Å². The van der Waals surface area contributed by atoms with E-state index >= 15 is 0 Å². The monoisotopic (exact) mass is 315 g/mol. The average Bonchev–Trinajstić information content (AvgIpc) is 2.70. The van der Waals surface area contributed by atoms with Crippen LogP contribution >= 0.6 is 15.9 Å². The van der Waals surface area contributed by atoms with E-state index in [1.807, 2.05) is 13.0 Å². The minimum Gasteiger partial charge on any atom is -0.464 e. The smallest absolute Gasteiger partial charge is 0.150 e. The summed E-state index contributed by atoms with van der Waals surface area (Å²) in [7, 11) is 0. The summed E-state index contributed by atoms with van der Waals surface area (Å²) in [6.07, 6.45) is 0. The van der Waals surface area contributed by atoms with Crippen molar-refractivity contribution in [1.82, 2.24) is 0 Å². The summed E-state index contributed by atoms with van der Waals surface area (Å²) >= 11 is 3.04. The number of nitrogens with one attached hydrogen (secondary N) is 1. The van der Waals surface area contributed by atoms with E-state index in [9.17, 15) is 8.78 Å². The van der Waals surface area contributed by atoms with Gasteiger partial charge in [0.05, 0.1) is 6.04 Å². The molecule has 1 aromatic heterocycles. The van der Waals surface area contributed by atoms with Gasteiger partial charge in [-0.3, -0.25) is 0 Å². The first-order valence-corrected chi connectivity index (χ1v) is 6.24. The first-order valence-electron chi connectivity index (χ1n) is 5.45. The fourth-order valence-electron chi connectivity index (χ4n) is 1.65. The van der Waals surface area contributed by atoms with E-state index in [0.717, 1.165) is 5.76 Å². The van der Waals surface area contributed by atoms with Crippen LogP contribution < -0.4 is 5.32 Å². The molecular formula is C13H12BrF2NO. The van der Waals surface area contributed by atoms with Crippen molar-refractivity contribution in [1.29, 1.82) is 0 Å². The molecule has 1 aromatic carbocycles. The Morgan fingerprint density at radius 3 is 2.33 bits per heavy atom. The molecule has 1 unspecified atom stereocenters. The summed E-state index contributed by atoms with van der Waals surface area (Å²) < 4.78 is 33.0. The minimum atomic E-state index is -0.642. The molecule has 0 bridgehead atoms. The molecule has 0 aliphatic rings. The molecule has 1 atom stereocenters. The van der Waals surface area contributed by atoms with Gasteiger partial charge in [-0.05, 0) is 38.1 Å². The van der Waals surface area contributed by atoms with Gasteiger partial charge in [0.15, 0.2) is 0 Å². The number of anilines is 1. The van der Waals surface area contributed by atoms with E-state index in [1.165, 1.54) is 12.1 Å². The van der Waals surface area contributed by atoms with E-state index in [4.69, 9.17) is 4.42 Å². The predicted octanol–water partition coefficient (Wildman–Crippen LogP) is 4.80. The maximum atomic E-state index is 13.6. The number of aryl methyl sites for hydroxylation is 1. The van der Waals surface area contributed by atoms with Gasteiger partial charge >= 0.3 is 0 Å². The molecule has 1 N–H and O–H groups in total. The first-order chi connectivity index (χ1) is 8.47. The van der Waals surface area contributed by atoms with Gasteiger partial charge in [-0.1, -0.05) is 15.9 Å². The summed E-state index contributed by atoms with van der Waals surface area (Å²) in [4.78, 5) is 0. The number of furan rings is 1. The number of halogens is 3. The Kier molecular flexibility index (Phi) is 3.71. The molecule has 0 aliphatic carbocycles. The van der Waals surface area contributed by atoms with Gasteiger partial charge in [0.2, 0.25) is 0 Å². The van der Waals surface area contributed by atoms with Gasteiger partial charge in [0, 0.05) is 4.47 Å². The van der Waals surface area contributed by atoms with Gasteiger partial charge in [-0.2, -0.15) is 0 Å². The van der Waals surface area contributed by atoms with Crippen molar-refractivity contribution in [2.45, 2.75) is 19.9 Å². The fraction of sp³-hybridized carbons (Fsp3) is 0.231. The Morgan fingerprint density at radius 1 is 1.22 bits per heavy atom. The molecule has 0 spiro atoms. The second kappa shape index (κ2) is 5.10. The van der Waals surface area contributed by atoms with Crippen LogP contribution in [0.4, 0.5) is 14.5 Å². The lowest BCUT2D eigenvalue weighted by molar-refractivity contribution is 0.465. The highest BCUT2D eigenvalue weighted by Gasteiger charge is 2.15. The lowest BCUT2D eigenvalue weighted by atomic mass is 10.2. The number of rotatable bonds is 3. The fourth-order valence-corrected chi connectivity index (χ4v) is 2.06. The minimum absolute atomic E-state index is 0.153. The largest absolute Gasteiger partial charge is 0.464 e. The van der Waals surface area contributed by atoms with Crippen LogP contribution in [-0.2, 0) is 0 Å². The Bertz CT molecular complexity index is 545. The summed E-state index contributed by atoms with van der Waals surface area (Å²) in [5, 5.41) is 2.77. The van der Waals surface area contributed by atoms with Crippen LogP contribution in [0.5, 0.6) is 0 Å². The normalized spacial score (nSPS) is 12.5. The molecule has 1 heterocycles. The zero-order valence-electron chi connectivity index (χ0n) is 9.93. The Hall–Kier alpha value is -1.36. The van der Waals surface area contributed by atoms with E-state index in [1.54, 1.807) is 13.0 Å². The molecular weight excluding hydrogens is 304 g/mol. The molecule has 0 fully saturated rings. The summed E-state index contributed by atoms with van der Waals surface area (Å²) in [6, 6.07) is 5.70. The highest BCUT2D eigenvalue weighted by atomic mass is 79.9. The third-order valence-corrected chi connectivity index (χ3v) is 3.01. The van der Waals surface area contributed by atoms with Crippen LogP contribution in [0.25, 0.3) is 0 Å². The van der Waals surface area contributed by atoms with Crippen molar-refractivity contribution in [2.24, 2.45) is 0 Å². The topological polar surface area (TPSA) is 25.2 Å². The maximum absolute atomic E-state index is 13.6. The second-order valence-electron chi connectivity index (χ2n) is 4.06. The van der Waals surface area contributed by atoms with Crippen LogP contribution in [-0.4, -0.2) is 0 Å². The van der Waals surface area contributed by atoms with Crippen LogP contribution in [0.3, 0.4) is 0 Å². The van der Waals surface area contributed by atoms with Gasteiger partial charge in [0.1, 0.15) is 28.8 Å². The first kappa shape index (κ1) is 13.1. The lowest BCUT2D eigenvalue weighted by Gasteiger charge is -2.14. The van der Waals surface area contributed by atoms with E-state index in [2.05, 4.69) is 21.2 Å². The number of hydrogen-bond donors (Lipinski definition) is 1. The SMILES string of the molecule is Cc1ccc(C(C)Nc2c(F)cc(Br)cc2F)o1. The molecule has 5 heteroatoms. The van der Waals surface area contributed by atoms with Crippen molar-refractivity contribution in [3.8, 4) is 0 Å². The van der Waals surface area contributed by atoms with Crippen LogP contribution in [0.15, 0.2) is 33.2 Å². The molecule has 0 amide bonds. The Labute approximate surface area is 112 Å². The Balaban J connectivity index is 2.24. The quantitative estimate of drug-likeness (QED) is 0.880. The van der Waals surface area contributed by atoms with E-state index in [0.29, 0.717) is 10.2 Å². The summed E-state index contributed by atoms with van der Waals surface area (Å²) in [5.74, 6) is 0.110. The molecule has 0 saturated carbocycles. The molecule has 96 valence electrons. The average molecular weight is 316 g/mol. The molecule has 2 aromatic rings. The van der Waals surface area contributed by atoms with Crippen LogP contribution in [0.1, 0.15) is 24.5 Å². The lowest BCUT2D eigenvalue weighted by Crippen LogP contribution is -2.09.